The number of nitrogens with zero attached hydrogens (tertiary/aromatic N) is 3. The maximum atomic E-state index is 8.31. The molecule has 0 aliphatic heterocycles. The average Bonchev–Trinajstić information content (AvgIpc) is 2.29. The first-order valence-electron chi connectivity index (χ1n) is 4.21. The molecule has 16 heavy (non-hydrogen) atoms. The molecule has 0 saturated carbocycles. The molecule has 8 nitrogen and oxygen atoms in total. The molecular formula is C8H11N7O. The normalized spacial score (nSPS) is 11.7. The molecule has 8 heteroatoms. The van der Waals surface area contributed by atoms with Gasteiger partial charge in [0.2, 0.25) is 5.96 Å². The molecule has 0 radical (unpaired) electrons. The summed E-state index contributed by atoms with van der Waals surface area (Å²) >= 11 is 0. The first kappa shape index (κ1) is 11.6. The Hall–Kier alpha value is -2.48. The smallest absolute Gasteiger partial charge is 0.237 e. The van der Waals surface area contributed by atoms with Gasteiger partial charge in [0.15, 0.2) is 0 Å². The maximum Gasteiger partial charge on any atom is 0.237 e. The van der Waals surface area contributed by atoms with E-state index in [0.717, 1.165) is 0 Å². The Morgan fingerprint density at radius 2 is 2.25 bits per heavy atom. The second-order valence-electron chi connectivity index (χ2n) is 2.70. The van der Waals surface area contributed by atoms with E-state index in [1.165, 1.54) is 6.21 Å². The van der Waals surface area contributed by atoms with E-state index in [9.17, 15) is 0 Å². The third-order valence-electron chi connectivity index (χ3n) is 1.52. The summed E-state index contributed by atoms with van der Waals surface area (Å²) in [6.07, 6.45) is 1.32. The van der Waals surface area contributed by atoms with Crippen LogP contribution < -0.4 is 16.9 Å². The number of aromatic nitrogens is 1. The molecule has 0 amide bonds. The molecular weight excluding hydrogens is 210 g/mol. The first-order chi connectivity index (χ1) is 7.63. The molecule has 1 aromatic heterocycles. The van der Waals surface area contributed by atoms with E-state index in [-0.39, 0.29) is 11.8 Å². The number of nitrogens with two attached hydrogens (primary N) is 2. The Morgan fingerprint density at radius 1 is 1.50 bits per heavy atom. The number of hydroxylamine groups is 1. The van der Waals surface area contributed by atoms with Crippen LogP contribution in [0.5, 0.6) is 0 Å². The van der Waals surface area contributed by atoms with E-state index in [0.29, 0.717) is 11.4 Å². The van der Waals surface area contributed by atoms with E-state index in [1.807, 2.05) is 0 Å². The molecule has 0 aromatic carbocycles. The standard InChI is InChI=1S/C8H11N7O/c9-7(10)6-3-1-2-5(13-6)4-12-14-8(11)15-16/h1-4,16H,(H3,9,10)(H3,11,14,15). The summed E-state index contributed by atoms with van der Waals surface area (Å²) < 4.78 is 0. The van der Waals surface area contributed by atoms with Crippen molar-refractivity contribution in [2.75, 3.05) is 0 Å². The highest BCUT2D eigenvalue weighted by Crippen LogP contribution is 1.96. The summed E-state index contributed by atoms with van der Waals surface area (Å²) in [6.45, 7) is 0. The van der Waals surface area contributed by atoms with Gasteiger partial charge in [-0.2, -0.15) is 5.10 Å². The molecule has 0 spiro atoms. The fraction of sp³-hybridized carbons (Fsp3) is 0. The Labute approximate surface area is 91.2 Å². The van der Waals surface area contributed by atoms with Gasteiger partial charge in [-0.1, -0.05) is 6.07 Å². The van der Waals surface area contributed by atoms with Gasteiger partial charge in [-0.15, -0.1) is 5.10 Å². The van der Waals surface area contributed by atoms with Crippen molar-refractivity contribution < 1.29 is 5.21 Å². The van der Waals surface area contributed by atoms with Crippen LogP contribution in [0.15, 0.2) is 28.4 Å². The maximum absolute atomic E-state index is 8.31. The highest BCUT2D eigenvalue weighted by Gasteiger charge is 1.97. The fourth-order valence-electron chi connectivity index (χ4n) is 0.846. The number of hydrogen-bond donors (Lipinski definition) is 5. The molecule has 0 fully saturated rings. The van der Waals surface area contributed by atoms with E-state index in [1.54, 1.807) is 23.7 Å². The van der Waals surface area contributed by atoms with Gasteiger partial charge in [0.1, 0.15) is 11.5 Å². The zero-order valence-corrected chi connectivity index (χ0v) is 8.25. The zero-order chi connectivity index (χ0) is 12.0. The number of guanidine groups is 1. The predicted molar refractivity (Wildman–Crippen MR) is 59.4 cm³/mol. The molecule has 0 bridgehead atoms. The lowest BCUT2D eigenvalue weighted by atomic mass is 10.3. The Morgan fingerprint density at radius 3 is 2.88 bits per heavy atom. The second kappa shape index (κ2) is 5.41. The Balaban J connectivity index is 2.82. The largest absolute Gasteiger partial charge is 0.382 e. The van der Waals surface area contributed by atoms with Crippen molar-refractivity contribution in [3.8, 4) is 0 Å². The molecule has 0 aliphatic carbocycles. The van der Waals surface area contributed by atoms with Gasteiger partial charge >= 0.3 is 0 Å². The fourth-order valence-corrected chi connectivity index (χ4v) is 0.846. The quantitative estimate of drug-likeness (QED) is 0.252. The zero-order valence-electron chi connectivity index (χ0n) is 8.25. The summed E-state index contributed by atoms with van der Waals surface area (Å²) in [5.74, 6) is -0.366. The number of pyridine rings is 1. The molecule has 7 N–H and O–H groups in total. The number of nitrogen functional groups attached to an aromatic ring is 1. The van der Waals surface area contributed by atoms with Gasteiger partial charge in [0.25, 0.3) is 0 Å². The minimum absolute atomic E-state index is 0.129. The van der Waals surface area contributed by atoms with Gasteiger partial charge in [-0.05, 0) is 12.1 Å². The second-order valence-corrected chi connectivity index (χ2v) is 2.70. The van der Waals surface area contributed by atoms with Crippen molar-refractivity contribution in [3.05, 3.63) is 29.6 Å². The number of nitrogens with one attached hydrogen (secondary N) is 2. The van der Waals surface area contributed by atoms with E-state index in [4.69, 9.17) is 22.1 Å². The van der Waals surface area contributed by atoms with Crippen molar-refractivity contribution in [3.63, 3.8) is 0 Å². The third kappa shape index (κ3) is 3.35. The average molecular weight is 221 g/mol. The van der Waals surface area contributed by atoms with Gasteiger partial charge in [-0.25, -0.2) is 10.5 Å². The van der Waals surface area contributed by atoms with E-state index in [2.05, 4.69) is 15.2 Å². The lowest BCUT2D eigenvalue weighted by Gasteiger charge is -1.97. The van der Waals surface area contributed by atoms with Gasteiger partial charge in [-0.3, -0.25) is 10.6 Å². The molecule has 0 unspecified atom stereocenters. The molecule has 1 heterocycles. The number of rotatable bonds is 3. The minimum atomic E-state index is -0.237. The molecule has 1 rings (SSSR count). The molecule has 0 atom stereocenters. The van der Waals surface area contributed by atoms with Gasteiger partial charge < -0.3 is 11.5 Å². The number of amidine groups is 1. The molecule has 1 aromatic rings. The summed E-state index contributed by atoms with van der Waals surface area (Å²) in [5, 5.41) is 22.4. The predicted octanol–water partition coefficient (Wildman–Crippen LogP) is -1.01. The van der Waals surface area contributed by atoms with Crippen LogP contribution in [0.1, 0.15) is 11.4 Å². The van der Waals surface area contributed by atoms with Crippen LogP contribution >= 0.6 is 0 Å². The van der Waals surface area contributed by atoms with Crippen molar-refractivity contribution >= 4 is 18.0 Å². The van der Waals surface area contributed by atoms with Crippen LogP contribution in [0, 0.1) is 5.41 Å². The SMILES string of the molecule is N=C(N)c1cccc(C=NN=C(N)NO)n1. The van der Waals surface area contributed by atoms with Crippen LogP contribution in [0.25, 0.3) is 0 Å². The molecule has 0 aliphatic rings. The molecule has 0 saturated heterocycles. The van der Waals surface area contributed by atoms with Gasteiger partial charge in [0, 0.05) is 0 Å². The highest BCUT2D eigenvalue weighted by atomic mass is 16.5. The minimum Gasteiger partial charge on any atom is -0.382 e. The number of hydrogen-bond acceptors (Lipinski definition) is 5. The summed E-state index contributed by atoms with van der Waals surface area (Å²) in [6, 6.07) is 4.95. The Kier molecular flexibility index (Phi) is 3.92. The van der Waals surface area contributed by atoms with Crippen molar-refractivity contribution in [2.24, 2.45) is 21.7 Å². The monoisotopic (exact) mass is 221 g/mol. The molecule has 84 valence electrons. The van der Waals surface area contributed by atoms with Crippen LogP contribution in [0.2, 0.25) is 0 Å². The summed E-state index contributed by atoms with van der Waals surface area (Å²) in [4.78, 5) is 4.00. The van der Waals surface area contributed by atoms with Crippen molar-refractivity contribution in [1.82, 2.24) is 10.5 Å². The highest BCUT2D eigenvalue weighted by molar-refractivity contribution is 5.93. The van der Waals surface area contributed by atoms with Crippen LogP contribution in [-0.2, 0) is 0 Å². The van der Waals surface area contributed by atoms with E-state index >= 15 is 0 Å². The van der Waals surface area contributed by atoms with Gasteiger partial charge in [0.05, 0.1) is 11.9 Å². The van der Waals surface area contributed by atoms with Crippen LogP contribution in [0.3, 0.4) is 0 Å². The van der Waals surface area contributed by atoms with Crippen LogP contribution in [0.4, 0.5) is 0 Å². The van der Waals surface area contributed by atoms with Crippen LogP contribution in [-0.4, -0.2) is 28.2 Å². The first-order valence-corrected chi connectivity index (χ1v) is 4.21. The Bertz CT molecular complexity index is 440. The lowest BCUT2D eigenvalue weighted by Crippen LogP contribution is -2.27. The topological polar surface area (TPSA) is 146 Å². The van der Waals surface area contributed by atoms with E-state index < -0.39 is 0 Å². The van der Waals surface area contributed by atoms with Crippen molar-refractivity contribution in [2.45, 2.75) is 0 Å². The van der Waals surface area contributed by atoms with Crippen molar-refractivity contribution in [1.29, 1.82) is 5.41 Å². The summed E-state index contributed by atoms with van der Waals surface area (Å²) in [7, 11) is 0. The third-order valence-corrected chi connectivity index (χ3v) is 1.52. The lowest BCUT2D eigenvalue weighted by molar-refractivity contribution is 0.232. The summed E-state index contributed by atoms with van der Waals surface area (Å²) in [5.41, 5.74) is 12.8.